The molecule has 4 heteroatoms. The maximum atomic E-state index is 12.3. The molecule has 1 aliphatic rings. The van der Waals surface area contributed by atoms with Crippen molar-refractivity contribution in [2.45, 2.75) is 52.3 Å². The van der Waals surface area contributed by atoms with Crippen LogP contribution in [0.25, 0.3) is 0 Å². The Labute approximate surface area is 144 Å². The first-order valence-electron chi connectivity index (χ1n) is 8.79. The van der Waals surface area contributed by atoms with E-state index in [1.807, 2.05) is 11.8 Å². The molecule has 1 amide bonds. The summed E-state index contributed by atoms with van der Waals surface area (Å²) < 4.78 is 5.47. The SMILES string of the molecule is CCOCCN1C(=O)CSC1c1c(CC)cc(CC)cc1CC. The Balaban J connectivity index is 2.36. The molecule has 0 radical (unpaired) electrons. The molecule has 0 aromatic heterocycles. The summed E-state index contributed by atoms with van der Waals surface area (Å²) >= 11 is 1.76. The molecule has 2 rings (SSSR count). The maximum Gasteiger partial charge on any atom is 0.233 e. The largest absolute Gasteiger partial charge is 0.380 e. The van der Waals surface area contributed by atoms with Crippen LogP contribution in [-0.2, 0) is 28.8 Å². The quantitative estimate of drug-likeness (QED) is 0.673. The first-order valence-corrected chi connectivity index (χ1v) is 9.84. The number of ether oxygens (including phenoxy) is 1. The average Bonchev–Trinajstić information content (AvgIpc) is 2.94. The van der Waals surface area contributed by atoms with Crippen LogP contribution in [0.1, 0.15) is 55.3 Å². The van der Waals surface area contributed by atoms with Gasteiger partial charge in [0.15, 0.2) is 0 Å². The van der Waals surface area contributed by atoms with Crippen molar-refractivity contribution in [1.29, 1.82) is 0 Å². The van der Waals surface area contributed by atoms with Gasteiger partial charge in [-0.2, -0.15) is 0 Å². The van der Waals surface area contributed by atoms with Gasteiger partial charge in [0.1, 0.15) is 5.37 Å². The van der Waals surface area contributed by atoms with E-state index in [1.54, 1.807) is 11.8 Å². The number of hydrogen-bond donors (Lipinski definition) is 0. The molecule has 1 fully saturated rings. The van der Waals surface area contributed by atoms with Crippen molar-refractivity contribution in [2.75, 3.05) is 25.5 Å². The van der Waals surface area contributed by atoms with Gasteiger partial charge in [0.25, 0.3) is 0 Å². The van der Waals surface area contributed by atoms with Crippen molar-refractivity contribution in [3.63, 3.8) is 0 Å². The van der Waals surface area contributed by atoms with Crippen molar-refractivity contribution in [2.24, 2.45) is 0 Å². The zero-order valence-corrected chi connectivity index (χ0v) is 15.7. The summed E-state index contributed by atoms with van der Waals surface area (Å²) in [6.07, 6.45) is 3.09. The van der Waals surface area contributed by atoms with Crippen LogP contribution in [0.5, 0.6) is 0 Å². The number of aryl methyl sites for hydroxylation is 3. The lowest BCUT2D eigenvalue weighted by molar-refractivity contribution is -0.128. The Morgan fingerprint density at radius 1 is 1.13 bits per heavy atom. The Bertz CT molecular complexity index is 519. The van der Waals surface area contributed by atoms with E-state index in [0.29, 0.717) is 25.5 Å². The molecule has 1 atom stereocenters. The smallest absolute Gasteiger partial charge is 0.233 e. The summed E-state index contributed by atoms with van der Waals surface area (Å²) in [6.45, 7) is 10.6. The molecular formula is C19H29NO2S. The van der Waals surface area contributed by atoms with Gasteiger partial charge in [-0.15, -0.1) is 11.8 Å². The van der Waals surface area contributed by atoms with E-state index in [2.05, 4.69) is 32.9 Å². The molecule has 1 saturated heterocycles. The van der Waals surface area contributed by atoms with E-state index < -0.39 is 0 Å². The highest BCUT2D eigenvalue weighted by molar-refractivity contribution is 8.00. The highest BCUT2D eigenvalue weighted by atomic mass is 32.2. The van der Waals surface area contributed by atoms with Crippen LogP contribution in [0.4, 0.5) is 0 Å². The van der Waals surface area contributed by atoms with E-state index >= 15 is 0 Å². The number of rotatable bonds is 8. The molecule has 0 saturated carbocycles. The second kappa shape index (κ2) is 8.74. The molecule has 3 nitrogen and oxygen atoms in total. The first kappa shape index (κ1) is 18.3. The number of thioether (sulfide) groups is 1. The van der Waals surface area contributed by atoms with Crippen molar-refractivity contribution in [3.8, 4) is 0 Å². The van der Waals surface area contributed by atoms with Gasteiger partial charge < -0.3 is 9.64 Å². The third kappa shape index (κ3) is 4.10. The normalized spacial score (nSPS) is 18.0. The molecule has 23 heavy (non-hydrogen) atoms. The van der Waals surface area contributed by atoms with Crippen LogP contribution in [0.15, 0.2) is 12.1 Å². The van der Waals surface area contributed by atoms with Crippen LogP contribution in [-0.4, -0.2) is 36.3 Å². The molecular weight excluding hydrogens is 306 g/mol. The Morgan fingerprint density at radius 2 is 1.78 bits per heavy atom. The van der Waals surface area contributed by atoms with Gasteiger partial charge in [0.2, 0.25) is 5.91 Å². The van der Waals surface area contributed by atoms with Crippen molar-refractivity contribution in [1.82, 2.24) is 4.90 Å². The van der Waals surface area contributed by atoms with Crippen LogP contribution in [0, 0.1) is 0 Å². The third-order valence-corrected chi connectivity index (χ3v) is 5.70. The Kier molecular flexibility index (Phi) is 6.97. The zero-order chi connectivity index (χ0) is 16.8. The van der Waals surface area contributed by atoms with Gasteiger partial charge in [-0.3, -0.25) is 4.79 Å². The van der Waals surface area contributed by atoms with Gasteiger partial charge in [-0.1, -0.05) is 32.9 Å². The summed E-state index contributed by atoms with van der Waals surface area (Å²) in [5, 5.41) is 0.152. The number of nitrogens with zero attached hydrogens (tertiary/aromatic N) is 1. The Morgan fingerprint density at radius 3 is 2.30 bits per heavy atom. The second-order valence-corrected chi connectivity index (χ2v) is 6.90. The van der Waals surface area contributed by atoms with E-state index in [1.165, 1.54) is 22.3 Å². The Hall–Kier alpha value is -1.00. The molecule has 1 aromatic rings. The number of carbonyl (C=O) groups is 1. The lowest BCUT2D eigenvalue weighted by atomic mass is 9.93. The lowest BCUT2D eigenvalue weighted by Crippen LogP contribution is -2.32. The summed E-state index contributed by atoms with van der Waals surface area (Å²) in [4.78, 5) is 14.3. The van der Waals surface area contributed by atoms with Crippen molar-refractivity contribution >= 4 is 17.7 Å². The average molecular weight is 336 g/mol. The number of hydrogen-bond acceptors (Lipinski definition) is 3. The molecule has 0 spiro atoms. The monoisotopic (exact) mass is 335 g/mol. The number of benzene rings is 1. The van der Waals surface area contributed by atoms with Gasteiger partial charge >= 0.3 is 0 Å². The van der Waals surface area contributed by atoms with E-state index in [-0.39, 0.29) is 11.3 Å². The van der Waals surface area contributed by atoms with Crippen molar-refractivity contribution in [3.05, 3.63) is 34.4 Å². The number of carbonyl (C=O) groups excluding carboxylic acids is 1. The molecule has 1 heterocycles. The second-order valence-electron chi connectivity index (χ2n) is 5.84. The standard InChI is InChI=1S/C19H29NO2S/c1-5-14-11-15(6-2)18(16(7-3)12-14)19-20(9-10-22-8-4)17(21)13-23-19/h11-12,19H,5-10,13H2,1-4H3. The fraction of sp³-hybridized carbons (Fsp3) is 0.632. The highest BCUT2D eigenvalue weighted by Crippen LogP contribution is 2.42. The van der Waals surface area contributed by atoms with Gasteiger partial charge in [-0.25, -0.2) is 0 Å². The zero-order valence-electron chi connectivity index (χ0n) is 14.9. The molecule has 1 aliphatic heterocycles. The first-order chi connectivity index (χ1) is 11.2. The molecule has 1 unspecified atom stereocenters. The van der Waals surface area contributed by atoms with Crippen LogP contribution >= 0.6 is 11.8 Å². The van der Waals surface area contributed by atoms with E-state index in [9.17, 15) is 4.79 Å². The minimum absolute atomic E-state index is 0.152. The molecule has 0 bridgehead atoms. The maximum absolute atomic E-state index is 12.3. The summed E-state index contributed by atoms with van der Waals surface area (Å²) in [5.41, 5.74) is 5.57. The van der Waals surface area contributed by atoms with Crippen molar-refractivity contribution < 1.29 is 9.53 Å². The predicted molar refractivity (Wildman–Crippen MR) is 98.0 cm³/mol. The van der Waals surface area contributed by atoms with Crippen LogP contribution in [0.2, 0.25) is 0 Å². The molecule has 1 aromatic carbocycles. The highest BCUT2D eigenvalue weighted by Gasteiger charge is 2.34. The van der Waals surface area contributed by atoms with Gasteiger partial charge in [-0.05, 0) is 48.4 Å². The lowest BCUT2D eigenvalue weighted by Gasteiger charge is -2.28. The predicted octanol–water partition coefficient (Wildman–Crippen LogP) is 3.98. The van der Waals surface area contributed by atoms with Gasteiger partial charge in [0.05, 0.1) is 12.4 Å². The molecule has 0 N–H and O–H groups in total. The van der Waals surface area contributed by atoms with E-state index in [0.717, 1.165) is 19.3 Å². The molecule has 0 aliphatic carbocycles. The van der Waals surface area contributed by atoms with Crippen LogP contribution < -0.4 is 0 Å². The van der Waals surface area contributed by atoms with E-state index in [4.69, 9.17) is 4.74 Å². The third-order valence-electron chi connectivity index (χ3n) is 4.48. The fourth-order valence-electron chi connectivity index (χ4n) is 3.20. The summed E-state index contributed by atoms with van der Waals surface area (Å²) in [5.74, 6) is 0.821. The minimum atomic E-state index is 0.152. The minimum Gasteiger partial charge on any atom is -0.380 e. The van der Waals surface area contributed by atoms with Crippen LogP contribution in [0.3, 0.4) is 0 Å². The summed E-state index contributed by atoms with van der Waals surface area (Å²) in [6, 6.07) is 4.66. The topological polar surface area (TPSA) is 29.5 Å². The molecule has 128 valence electrons. The fourth-order valence-corrected chi connectivity index (χ4v) is 4.54. The number of amides is 1. The summed E-state index contributed by atoms with van der Waals surface area (Å²) in [7, 11) is 0. The van der Waals surface area contributed by atoms with Gasteiger partial charge in [0, 0.05) is 13.2 Å².